The number of rotatable bonds is 5. The van der Waals surface area contributed by atoms with Crippen molar-refractivity contribution in [1.82, 2.24) is 4.90 Å². The molecule has 5 heteroatoms. The molecule has 3 rings (SSSR count). The van der Waals surface area contributed by atoms with Gasteiger partial charge in [-0.1, -0.05) is 19.1 Å². The van der Waals surface area contributed by atoms with Gasteiger partial charge in [0.2, 0.25) is 5.91 Å². The van der Waals surface area contributed by atoms with Gasteiger partial charge < -0.3 is 15.1 Å². The Bertz CT molecular complexity index is 809. The number of carbonyl (C=O) groups is 1. The minimum absolute atomic E-state index is 0.206. The standard InChI is InChI=1S/C22H26FN3O/c1-3-25-12-14-26(15-13-25)21-10-9-20(16-17(21)2)24-22(27)11-6-18-4-7-19(23)8-5-18/h4-11,16H,3,12-15H2,1-2H3,(H,24,27)/b11-6+. The Morgan fingerprint density at radius 2 is 1.81 bits per heavy atom. The third-order valence-electron chi connectivity index (χ3n) is 4.92. The van der Waals surface area contributed by atoms with Gasteiger partial charge in [-0.05, 0) is 61.0 Å². The Morgan fingerprint density at radius 3 is 2.44 bits per heavy atom. The molecule has 0 bridgehead atoms. The van der Waals surface area contributed by atoms with E-state index in [1.165, 1.54) is 23.9 Å². The maximum Gasteiger partial charge on any atom is 0.248 e. The fourth-order valence-electron chi connectivity index (χ4n) is 3.32. The number of hydrogen-bond acceptors (Lipinski definition) is 3. The van der Waals surface area contributed by atoms with E-state index >= 15 is 0 Å². The van der Waals surface area contributed by atoms with Gasteiger partial charge in [-0.15, -0.1) is 0 Å². The highest BCUT2D eigenvalue weighted by Gasteiger charge is 2.17. The lowest BCUT2D eigenvalue weighted by molar-refractivity contribution is -0.111. The Morgan fingerprint density at radius 1 is 1.11 bits per heavy atom. The van der Waals surface area contributed by atoms with Crippen LogP contribution >= 0.6 is 0 Å². The largest absolute Gasteiger partial charge is 0.369 e. The summed E-state index contributed by atoms with van der Waals surface area (Å²) in [5.74, 6) is -0.494. The summed E-state index contributed by atoms with van der Waals surface area (Å²) in [6, 6.07) is 12.0. The number of amides is 1. The van der Waals surface area contributed by atoms with Gasteiger partial charge in [-0.2, -0.15) is 0 Å². The topological polar surface area (TPSA) is 35.6 Å². The van der Waals surface area contributed by atoms with Crippen LogP contribution in [-0.2, 0) is 4.79 Å². The molecule has 0 saturated carbocycles. The number of likely N-dealkylation sites (N-methyl/N-ethyl adjacent to an activating group) is 1. The number of piperazine rings is 1. The minimum Gasteiger partial charge on any atom is -0.369 e. The normalized spacial score (nSPS) is 15.3. The zero-order chi connectivity index (χ0) is 19.2. The second-order valence-electron chi connectivity index (χ2n) is 6.80. The lowest BCUT2D eigenvalue weighted by atomic mass is 10.1. The quantitative estimate of drug-likeness (QED) is 0.814. The molecule has 1 saturated heterocycles. The number of hydrogen-bond donors (Lipinski definition) is 1. The van der Waals surface area contributed by atoms with Crippen LogP contribution in [0.15, 0.2) is 48.5 Å². The highest BCUT2D eigenvalue weighted by atomic mass is 19.1. The molecular formula is C22H26FN3O. The van der Waals surface area contributed by atoms with E-state index in [4.69, 9.17) is 0 Å². The zero-order valence-corrected chi connectivity index (χ0v) is 15.9. The molecule has 142 valence electrons. The number of carbonyl (C=O) groups excluding carboxylic acids is 1. The van der Waals surface area contributed by atoms with Gasteiger partial charge in [-0.25, -0.2) is 4.39 Å². The predicted molar refractivity (Wildman–Crippen MR) is 110 cm³/mol. The average Bonchev–Trinajstić information content (AvgIpc) is 2.68. The summed E-state index contributed by atoms with van der Waals surface area (Å²) in [5.41, 5.74) is 3.94. The Hall–Kier alpha value is -2.66. The van der Waals surface area contributed by atoms with Gasteiger partial charge in [0.1, 0.15) is 5.82 Å². The molecule has 27 heavy (non-hydrogen) atoms. The summed E-state index contributed by atoms with van der Waals surface area (Å²) in [6.45, 7) is 9.60. The van der Waals surface area contributed by atoms with Crippen LogP contribution < -0.4 is 10.2 Å². The first-order valence-electron chi connectivity index (χ1n) is 9.38. The molecular weight excluding hydrogens is 341 g/mol. The molecule has 0 aliphatic carbocycles. The molecule has 1 amide bonds. The van der Waals surface area contributed by atoms with Crippen LogP contribution in [0.5, 0.6) is 0 Å². The summed E-state index contributed by atoms with van der Waals surface area (Å²) >= 11 is 0. The van der Waals surface area contributed by atoms with Gasteiger partial charge in [0, 0.05) is 43.6 Å². The average molecular weight is 367 g/mol. The summed E-state index contributed by atoms with van der Waals surface area (Å²) in [7, 11) is 0. The first-order valence-corrected chi connectivity index (χ1v) is 9.38. The van der Waals surface area contributed by atoms with Crippen LogP contribution in [0.25, 0.3) is 6.08 Å². The zero-order valence-electron chi connectivity index (χ0n) is 15.9. The van der Waals surface area contributed by atoms with Crippen molar-refractivity contribution in [2.24, 2.45) is 0 Å². The summed E-state index contributed by atoms with van der Waals surface area (Å²) in [4.78, 5) is 17.0. The van der Waals surface area contributed by atoms with Crippen molar-refractivity contribution in [3.05, 3.63) is 65.5 Å². The number of anilines is 2. The van der Waals surface area contributed by atoms with E-state index in [0.29, 0.717) is 0 Å². The number of nitrogens with zero attached hydrogens (tertiary/aromatic N) is 2. The van der Waals surface area contributed by atoms with E-state index in [1.807, 2.05) is 12.1 Å². The third-order valence-corrected chi connectivity index (χ3v) is 4.92. The summed E-state index contributed by atoms with van der Waals surface area (Å²) in [6.07, 6.45) is 3.13. The lowest BCUT2D eigenvalue weighted by Gasteiger charge is -2.36. The molecule has 1 aliphatic rings. The molecule has 2 aromatic rings. The number of benzene rings is 2. The van der Waals surface area contributed by atoms with E-state index in [2.05, 4.69) is 35.0 Å². The van der Waals surface area contributed by atoms with Crippen molar-refractivity contribution in [3.8, 4) is 0 Å². The summed E-state index contributed by atoms with van der Waals surface area (Å²) < 4.78 is 12.9. The first kappa shape index (κ1) is 19.1. The van der Waals surface area contributed by atoms with Crippen molar-refractivity contribution in [1.29, 1.82) is 0 Å². The molecule has 1 fully saturated rings. The maximum atomic E-state index is 12.9. The SMILES string of the molecule is CCN1CCN(c2ccc(NC(=O)/C=C/c3ccc(F)cc3)cc2C)CC1. The van der Waals surface area contributed by atoms with E-state index in [9.17, 15) is 9.18 Å². The van der Waals surface area contributed by atoms with Crippen LogP contribution in [0.1, 0.15) is 18.1 Å². The smallest absolute Gasteiger partial charge is 0.248 e. The van der Waals surface area contributed by atoms with Crippen LogP contribution in [0.4, 0.5) is 15.8 Å². The minimum atomic E-state index is -0.289. The van der Waals surface area contributed by atoms with Crippen molar-refractivity contribution < 1.29 is 9.18 Å². The molecule has 2 aromatic carbocycles. The van der Waals surface area contributed by atoms with Crippen LogP contribution in [0.3, 0.4) is 0 Å². The van der Waals surface area contributed by atoms with Gasteiger partial charge in [0.05, 0.1) is 0 Å². The molecule has 0 unspecified atom stereocenters. The van der Waals surface area contributed by atoms with Crippen LogP contribution in [0, 0.1) is 12.7 Å². The number of halogens is 1. The Balaban J connectivity index is 1.60. The summed E-state index contributed by atoms with van der Waals surface area (Å²) in [5, 5.41) is 2.88. The van der Waals surface area contributed by atoms with Gasteiger partial charge in [0.25, 0.3) is 0 Å². The molecule has 0 aromatic heterocycles. The van der Waals surface area contributed by atoms with Gasteiger partial charge in [-0.3, -0.25) is 4.79 Å². The molecule has 4 nitrogen and oxygen atoms in total. The monoisotopic (exact) mass is 367 g/mol. The molecule has 1 heterocycles. The second kappa shape index (κ2) is 8.82. The van der Waals surface area contributed by atoms with Gasteiger partial charge in [0.15, 0.2) is 0 Å². The van der Waals surface area contributed by atoms with Crippen molar-refractivity contribution in [2.45, 2.75) is 13.8 Å². The Kier molecular flexibility index (Phi) is 6.24. The van der Waals surface area contributed by atoms with Crippen molar-refractivity contribution >= 4 is 23.4 Å². The maximum absolute atomic E-state index is 12.9. The Labute approximate surface area is 160 Å². The first-order chi connectivity index (χ1) is 13.0. The predicted octanol–water partition coefficient (Wildman–Crippen LogP) is 3.93. The van der Waals surface area contributed by atoms with Crippen LogP contribution in [0.2, 0.25) is 0 Å². The third kappa shape index (κ3) is 5.17. The molecule has 1 N–H and O–H groups in total. The highest BCUT2D eigenvalue weighted by Crippen LogP contribution is 2.24. The fourth-order valence-corrected chi connectivity index (χ4v) is 3.32. The molecule has 1 aliphatic heterocycles. The molecule has 0 atom stereocenters. The van der Waals surface area contributed by atoms with E-state index in [1.54, 1.807) is 18.2 Å². The van der Waals surface area contributed by atoms with Crippen LogP contribution in [-0.4, -0.2) is 43.5 Å². The number of nitrogens with one attached hydrogen (secondary N) is 1. The van der Waals surface area contributed by atoms with Gasteiger partial charge >= 0.3 is 0 Å². The second-order valence-corrected chi connectivity index (χ2v) is 6.80. The lowest BCUT2D eigenvalue weighted by Crippen LogP contribution is -2.46. The van der Waals surface area contributed by atoms with Crippen molar-refractivity contribution in [3.63, 3.8) is 0 Å². The fraction of sp³-hybridized carbons (Fsp3) is 0.318. The highest BCUT2D eigenvalue weighted by molar-refractivity contribution is 6.02. The van der Waals surface area contributed by atoms with E-state index in [-0.39, 0.29) is 11.7 Å². The van der Waals surface area contributed by atoms with E-state index < -0.39 is 0 Å². The number of aryl methyl sites for hydroxylation is 1. The molecule has 0 radical (unpaired) electrons. The molecule has 0 spiro atoms. The van der Waals surface area contributed by atoms with E-state index in [0.717, 1.165) is 49.5 Å². The van der Waals surface area contributed by atoms with Crippen molar-refractivity contribution in [2.75, 3.05) is 42.9 Å².